The second-order valence-corrected chi connectivity index (χ2v) is 6.07. The lowest BCUT2D eigenvalue weighted by atomic mass is 10.2. The summed E-state index contributed by atoms with van der Waals surface area (Å²) in [7, 11) is 0. The zero-order chi connectivity index (χ0) is 17.0. The molecular weight excluding hydrogens is 304 g/mol. The Hall–Kier alpha value is -1.76. The van der Waals surface area contributed by atoms with Crippen LogP contribution in [0.1, 0.15) is 26.7 Å². The number of carbonyl (C=O) groups excluding carboxylic acids is 4. The van der Waals surface area contributed by atoms with Gasteiger partial charge >= 0.3 is 11.9 Å². The number of carbonyl (C=O) groups is 4. The van der Waals surface area contributed by atoms with Gasteiger partial charge in [0.05, 0.1) is 25.0 Å². The Morgan fingerprint density at radius 2 is 1.09 bits per heavy atom. The van der Waals surface area contributed by atoms with Crippen molar-refractivity contribution in [3.63, 3.8) is 0 Å². The van der Waals surface area contributed by atoms with Gasteiger partial charge in [0.15, 0.2) is 0 Å². The molecule has 2 aliphatic carbocycles. The van der Waals surface area contributed by atoms with E-state index in [1.54, 1.807) is 0 Å². The smallest absolute Gasteiger partial charge is 0.309 e. The van der Waals surface area contributed by atoms with E-state index in [1.807, 2.05) is 0 Å². The highest BCUT2D eigenvalue weighted by Crippen LogP contribution is 2.40. The summed E-state index contributed by atoms with van der Waals surface area (Å²) in [5, 5.41) is 0. The first-order chi connectivity index (χ1) is 10.9. The minimum atomic E-state index is -0.357. The van der Waals surface area contributed by atoms with Crippen LogP contribution in [0.25, 0.3) is 0 Å². The molecule has 4 atom stereocenters. The fourth-order valence-corrected chi connectivity index (χ4v) is 2.53. The van der Waals surface area contributed by atoms with Crippen LogP contribution in [0, 0.1) is 23.7 Å². The maximum Gasteiger partial charge on any atom is 0.309 e. The van der Waals surface area contributed by atoms with E-state index < -0.39 is 0 Å². The summed E-state index contributed by atoms with van der Waals surface area (Å²) in [5.41, 5.74) is 0. The molecule has 7 heteroatoms. The average Bonchev–Trinajstić information content (AvgIpc) is 3.37. The minimum Gasteiger partial charge on any atom is -0.463 e. The van der Waals surface area contributed by atoms with Gasteiger partial charge in [-0.2, -0.15) is 0 Å². The van der Waals surface area contributed by atoms with Crippen LogP contribution in [0.3, 0.4) is 0 Å². The monoisotopic (exact) mass is 326 g/mol. The Morgan fingerprint density at radius 3 is 1.39 bits per heavy atom. The molecule has 0 spiro atoms. The largest absolute Gasteiger partial charge is 0.463 e. The third kappa shape index (κ3) is 5.13. The highest BCUT2D eigenvalue weighted by Gasteiger charge is 2.47. The zero-order valence-electron chi connectivity index (χ0n) is 13.4. The molecule has 0 N–H and O–H groups in total. The van der Waals surface area contributed by atoms with Gasteiger partial charge in [0.2, 0.25) is 0 Å². The van der Waals surface area contributed by atoms with Crippen molar-refractivity contribution in [2.75, 3.05) is 26.4 Å². The van der Waals surface area contributed by atoms with Gasteiger partial charge in [-0.3, -0.25) is 19.2 Å². The van der Waals surface area contributed by atoms with Crippen molar-refractivity contribution in [3.05, 3.63) is 0 Å². The van der Waals surface area contributed by atoms with Crippen LogP contribution in [-0.4, -0.2) is 49.9 Å². The van der Waals surface area contributed by atoms with E-state index in [1.165, 1.54) is 13.8 Å². The third-order valence-corrected chi connectivity index (χ3v) is 4.17. The number of ether oxygens (including phenoxy) is 3. The van der Waals surface area contributed by atoms with Gasteiger partial charge in [-0.25, -0.2) is 0 Å². The van der Waals surface area contributed by atoms with E-state index in [0.29, 0.717) is 12.8 Å². The lowest BCUT2D eigenvalue weighted by Gasteiger charge is -2.07. The molecule has 0 aromatic rings. The topological polar surface area (TPSA) is 96.0 Å². The first-order valence-corrected chi connectivity index (χ1v) is 7.83. The minimum absolute atomic E-state index is 0.0210. The van der Waals surface area contributed by atoms with Crippen LogP contribution in [0.4, 0.5) is 0 Å². The molecule has 0 unspecified atom stereocenters. The second-order valence-electron chi connectivity index (χ2n) is 6.07. The van der Waals surface area contributed by atoms with Crippen molar-refractivity contribution in [2.24, 2.45) is 23.7 Å². The van der Waals surface area contributed by atoms with Crippen LogP contribution < -0.4 is 0 Å². The lowest BCUT2D eigenvalue weighted by molar-refractivity contribution is -0.149. The predicted octanol–water partition coefficient (Wildman–Crippen LogP) is 0.540. The highest BCUT2D eigenvalue weighted by atomic mass is 16.6. The molecule has 0 radical (unpaired) electrons. The normalized spacial score (nSPS) is 27.9. The van der Waals surface area contributed by atoms with Crippen LogP contribution in [0.15, 0.2) is 0 Å². The molecule has 23 heavy (non-hydrogen) atoms. The molecule has 0 aromatic heterocycles. The second kappa shape index (κ2) is 7.68. The van der Waals surface area contributed by atoms with Gasteiger partial charge in [-0.1, -0.05) is 0 Å². The summed E-state index contributed by atoms with van der Waals surface area (Å²) < 4.78 is 15.2. The van der Waals surface area contributed by atoms with Crippen LogP contribution in [0.5, 0.6) is 0 Å². The number of hydrogen-bond acceptors (Lipinski definition) is 7. The van der Waals surface area contributed by atoms with E-state index in [9.17, 15) is 19.2 Å². The fraction of sp³-hybridized carbons (Fsp3) is 0.750. The number of ketones is 2. The van der Waals surface area contributed by atoms with E-state index >= 15 is 0 Å². The predicted molar refractivity (Wildman–Crippen MR) is 77.3 cm³/mol. The summed E-state index contributed by atoms with van der Waals surface area (Å²) in [6.45, 7) is 3.59. The van der Waals surface area contributed by atoms with Gasteiger partial charge in [-0.15, -0.1) is 0 Å². The molecule has 0 saturated heterocycles. The molecule has 2 aliphatic rings. The standard InChI is InChI=1S/C16H22O7/c1-9(17)11-7-13(11)15(19)22-5-3-21-4-6-23-16(20)14-8-12(14)10(2)18/h11-14H,3-8H2,1-2H3/t11-,12+,13-,14+. The number of esters is 2. The molecule has 7 nitrogen and oxygen atoms in total. The molecule has 2 saturated carbocycles. The molecule has 128 valence electrons. The molecule has 0 aromatic carbocycles. The Balaban J connectivity index is 1.43. The van der Waals surface area contributed by atoms with Gasteiger partial charge in [0, 0.05) is 11.8 Å². The quantitative estimate of drug-likeness (QED) is 0.427. The van der Waals surface area contributed by atoms with Crippen molar-refractivity contribution in [2.45, 2.75) is 26.7 Å². The van der Waals surface area contributed by atoms with Crippen molar-refractivity contribution < 1.29 is 33.4 Å². The number of Topliss-reactive ketones (excluding diaryl/α,β-unsaturated/α-hetero) is 2. The molecule has 2 fully saturated rings. The molecule has 0 heterocycles. The summed E-state index contributed by atoms with van der Waals surface area (Å²) in [4.78, 5) is 45.2. The fourth-order valence-electron chi connectivity index (χ4n) is 2.53. The maximum absolute atomic E-state index is 11.5. The molecule has 0 bridgehead atoms. The molecule has 0 aliphatic heterocycles. The van der Waals surface area contributed by atoms with Crippen LogP contribution in [-0.2, 0) is 33.4 Å². The average molecular weight is 326 g/mol. The van der Waals surface area contributed by atoms with Gasteiger partial charge in [0.1, 0.15) is 24.8 Å². The van der Waals surface area contributed by atoms with E-state index in [0.717, 1.165) is 0 Å². The Kier molecular flexibility index (Phi) is 5.87. The first kappa shape index (κ1) is 17.6. The van der Waals surface area contributed by atoms with Gasteiger partial charge < -0.3 is 14.2 Å². The first-order valence-electron chi connectivity index (χ1n) is 7.83. The maximum atomic E-state index is 11.5. The number of hydrogen-bond donors (Lipinski definition) is 0. The van der Waals surface area contributed by atoms with E-state index in [2.05, 4.69) is 0 Å². The van der Waals surface area contributed by atoms with E-state index in [-0.39, 0.29) is 73.6 Å². The van der Waals surface area contributed by atoms with E-state index in [4.69, 9.17) is 14.2 Å². The zero-order valence-corrected chi connectivity index (χ0v) is 13.4. The van der Waals surface area contributed by atoms with Gasteiger partial charge in [-0.05, 0) is 26.7 Å². The van der Waals surface area contributed by atoms with Crippen molar-refractivity contribution in [3.8, 4) is 0 Å². The third-order valence-electron chi connectivity index (χ3n) is 4.17. The molecular formula is C16H22O7. The summed E-state index contributed by atoms with van der Waals surface area (Å²) in [6, 6.07) is 0. The Morgan fingerprint density at radius 1 is 0.696 bits per heavy atom. The SMILES string of the molecule is CC(=O)[C@H]1C[C@H]1C(=O)OCCOCCOC(=O)[C@H]1C[C@H]1C(C)=O. The molecule has 2 rings (SSSR count). The summed E-state index contributed by atoms with van der Waals surface area (Å²) in [5.74, 6) is -1.61. The van der Waals surface area contributed by atoms with Gasteiger partial charge in [0.25, 0.3) is 0 Å². The summed E-state index contributed by atoms with van der Waals surface area (Å²) >= 11 is 0. The number of rotatable bonds is 10. The lowest BCUT2D eigenvalue weighted by Crippen LogP contribution is -2.17. The van der Waals surface area contributed by atoms with Crippen LogP contribution >= 0.6 is 0 Å². The molecule has 0 amide bonds. The van der Waals surface area contributed by atoms with Crippen LogP contribution in [0.2, 0.25) is 0 Å². The Labute approximate surface area is 134 Å². The Bertz CT molecular complexity index is 455. The summed E-state index contributed by atoms with van der Waals surface area (Å²) in [6.07, 6.45) is 1.15. The van der Waals surface area contributed by atoms with Crippen molar-refractivity contribution >= 4 is 23.5 Å². The van der Waals surface area contributed by atoms with Crippen molar-refractivity contribution in [1.82, 2.24) is 0 Å². The van der Waals surface area contributed by atoms with Crippen molar-refractivity contribution in [1.29, 1.82) is 0 Å². The highest BCUT2D eigenvalue weighted by molar-refractivity contribution is 5.90.